The van der Waals surface area contributed by atoms with E-state index in [9.17, 15) is 30.0 Å². The van der Waals surface area contributed by atoms with Gasteiger partial charge in [-0.25, -0.2) is 0 Å². The van der Waals surface area contributed by atoms with Gasteiger partial charge in [0.1, 0.15) is 6.10 Å². The summed E-state index contributed by atoms with van der Waals surface area (Å²) < 4.78 is 1.38. The van der Waals surface area contributed by atoms with Crippen LogP contribution in [-0.2, 0) is 11.4 Å². The Bertz CT molecular complexity index is 731. The maximum atomic E-state index is 12.7. The molecule has 6 N–H and O–H groups in total. The number of hydrogen-bond acceptors (Lipinski definition) is 7. The highest BCUT2D eigenvalue weighted by Gasteiger charge is 2.30. The van der Waals surface area contributed by atoms with E-state index in [1.165, 1.54) is 11.8 Å². The summed E-state index contributed by atoms with van der Waals surface area (Å²) in [6, 6.07) is 0. The number of hydrogen-bond donors (Lipinski definition) is 6. The zero-order chi connectivity index (χ0) is 21.6. The lowest BCUT2D eigenvalue weighted by Crippen LogP contribution is -2.41. The van der Waals surface area contributed by atoms with Crippen LogP contribution in [0.4, 0.5) is 5.69 Å². The van der Waals surface area contributed by atoms with Crippen LogP contribution < -0.4 is 10.2 Å². The van der Waals surface area contributed by atoms with Crippen LogP contribution in [0.5, 0.6) is 0 Å². The Kier molecular flexibility index (Phi) is 11.3. The molecule has 0 bridgehead atoms. The van der Waals surface area contributed by atoms with Crippen molar-refractivity contribution in [2.45, 2.75) is 25.7 Å². The average Bonchev–Trinajstić information content (AvgIpc) is 2.64. The minimum Gasteiger partial charge on any atom is -0.395 e. The lowest BCUT2D eigenvalue weighted by Gasteiger charge is -2.28. The number of anilines is 1. The molecule has 12 heteroatoms. The second-order valence-electron chi connectivity index (χ2n) is 5.74. The van der Waals surface area contributed by atoms with Crippen molar-refractivity contribution in [1.29, 1.82) is 0 Å². The van der Waals surface area contributed by atoms with Crippen LogP contribution in [-0.4, -0.2) is 75.9 Å². The molecule has 1 rings (SSSR count). The number of nitrogens with zero attached hydrogens (tertiary/aromatic N) is 1. The van der Waals surface area contributed by atoms with Crippen molar-refractivity contribution in [3.63, 3.8) is 0 Å². The van der Waals surface area contributed by atoms with Gasteiger partial charge in [0.2, 0.25) is 0 Å². The molecule has 1 aromatic carbocycles. The lowest BCUT2D eigenvalue weighted by atomic mass is 10.1. The molecule has 28 heavy (non-hydrogen) atoms. The number of benzene rings is 1. The third-order valence-corrected chi connectivity index (χ3v) is 7.10. The van der Waals surface area contributed by atoms with Crippen LogP contribution in [0.3, 0.4) is 0 Å². The summed E-state index contributed by atoms with van der Waals surface area (Å²) in [7, 11) is 0. The van der Waals surface area contributed by atoms with Crippen molar-refractivity contribution < 1.29 is 35.1 Å². The quantitative estimate of drug-likeness (QED) is 0.192. The van der Waals surface area contributed by atoms with Crippen molar-refractivity contribution in [3.8, 4) is 0 Å². The monoisotopic (exact) mass is 734 g/mol. The Labute approximate surface area is 202 Å². The Hall–Kier alpha value is 0.150. The average molecular weight is 734 g/mol. The zero-order valence-electron chi connectivity index (χ0n) is 14.8. The molecule has 0 radical (unpaired) electrons. The van der Waals surface area contributed by atoms with Gasteiger partial charge >= 0.3 is 0 Å². The van der Waals surface area contributed by atoms with Gasteiger partial charge in [0.25, 0.3) is 11.8 Å². The molecule has 0 heterocycles. The van der Waals surface area contributed by atoms with E-state index in [1.807, 2.05) is 67.8 Å². The topological polar surface area (TPSA) is 151 Å². The number of aliphatic hydroxyl groups excluding tert-OH is 5. The molecule has 2 atom stereocenters. The molecule has 0 aliphatic carbocycles. The lowest BCUT2D eigenvalue weighted by molar-refractivity contribution is -0.125. The van der Waals surface area contributed by atoms with E-state index in [4.69, 9.17) is 5.11 Å². The van der Waals surface area contributed by atoms with Gasteiger partial charge in [-0.1, -0.05) is 0 Å². The minimum absolute atomic E-state index is 0.106. The van der Waals surface area contributed by atoms with Crippen molar-refractivity contribution >= 4 is 85.3 Å². The SMILES string of the molecule is CC(O)C(=O)N(CCO)c1c(I)c(CO)c(I)c(C(=O)NCC(O)CO)c1I. The van der Waals surface area contributed by atoms with Crippen molar-refractivity contribution in [1.82, 2.24) is 5.32 Å². The summed E-state index contributed by atoms with van der Waals surface area (Å²) in [6.07, 6.45) is -2.45. The van der Waals surface area contributed by atoms with Gasteiger partial charge in [-0.2, -0.15) is 0 Å². The van der Waals surface area contributed by atoms with Crippen LogP contribution in [0.2, 0.25) is 0 Å². The van der Waals surface area contributed by atoms with E-state index in [-0.39, 0.29) is 25.3 Å². The van der Waals surface area contributed by atoms with Gasteiger partial charge in [0, 0.05) is 25.8 Å². The first-order valence-corrected chi connectivity index (χ1v) is 11.3. The predicted molar refractivity (Wildman–Crippen MR) is 127 cm³/mol. The smallest absolute Gasteiger partial charge is 0.255 e. The van der Waals surface area contributed by atoms with Gasteiger partial charge in [-0.15, -0.1) is 0 Å². The van der Waals surface area contributed by atoms with Gasteiger partial charge in [0.05, 0.1) is 40.7 Å². The number of amides is 2. The molecular formula is C16H21I3N2O7. The summed E-state index contributed by atoms with van der Waals surface area (Å²) >= 11 is 5.77. The summed E-state index contributed by atoms with van der Waals surface area (Å²) in [4.78, 5) is 26.4. The number of rotatable bonds is 9. The molecule has 2 amide bonds. The second-order valence-corrected chi connectivity index (χ2v) is 8.97. The number of carbonyl (C=O) groups is 2. The number of nitrogens with one attached hydrogen (secondary N) is 1. The second kappa shape index (κ2) is 12.1. The molecule has 158 valence electrons. The van der Waals surface area contributed by atoms with Crippen molar-refractivity contribution in [3.05, 3.63) is 21.8 Å². The Morgan fingerprint density at radius 1 is 1.07 bits per heavy atom. The standard InChI is InChI=1S/C16H21I3N2O7/c1-7(25)16(28)21(2-3-22)14-12(18)9(6-24)11(17)10(13(14)19)15(27)20-4-8(26)5-23/h7-8,22-26H,2-6H2,1H3,(H,20,27). The predicted octanol–water partition coefficient (Wildman–Crippen LogP) is -0.218. The Balaban J connectivity index is 3.61. The molecule has 0 saturated heterocycles. The summed E-state index contributed by atoms with van der Waals surface area (Å²) in [5, 5.41) is 49.8. The molecule has 9 nitrogen and oxygen atoms in total. The molecule has 0 fully saturated rings. The van der Waals surface area contributed by atoms with Crippen LogP contribution in [0.25, 0.3) is 0 Å². The first-order chi connectivity index (χ1) is 13.1. The molecule has 0 aliphatic rings. The first kappa shape index (κ1) is 26.2. The highest BCUT2D eigenvalue weighted by atomic mass is 127. The van der Waals surface area contributed by atoms with E-state index in [1.54, 1.807) is 0 Å². The Morgan fingerprint density at radius 3 is 2.14 bits per heavy atom. The number of halogens is 3. The molecule has 0 spiro atoms. The van der Waals surface area contributed by atoms with Crippen LogP contribution in [0.1, 0.15) is 22.8 Å². The third kappa shape index (κ3) is 6.08. The van der Waals surface area contributed by atoms with Gasteiger partial charge in [-0.05, 0) is 74.7 Å². The number of aliphatic hydroxyl groups is 5. The minimum atomic E-state index is -1.33. The third-order valence-electron chi connectivity index (χ3n) is 3.70. The van der Waals surface area contributed by atoms with Crippen LogP contribution in [0, 0.1) is 10.7 Å². The molecule has 0 saturated carbocycles. The normalized spacial score (nSPS) is 13.2. The van der Waals surface area contributed by atoms with E-state index < -0.39 is 37.2 Å². The fourth-order valence-corrected chi connectivity index (χ4v) is 6.88. The summed E-state index contributed by atoms with van der Waals surface area (Å²) in [5.41, 5.74) is 0.913. The molecule has 0 aliphatic heterocycles. The van der Waals surface area contributed by atoms with Gasteiger partial charge < -0.3 is 35.7 Å². The molecule has 1 aromatic rings. The highest BCUT2D eigenvalue weighted by molar-refractivity contribution is 14.1. The largest absolute Gasteiger partial charge is 0.395 e. The molecule has 0 aromatic heterocycles. The zero-order valence-corrected chi connectivity index (χ0v) is 21.3. The highest BCUT2D eigenvalue weighted by Crippen LogP contribution is 2.38. The summed E-state index contributed by atoms with van der Waals surface area (Å²) in [5.74, 6) is -1.21. The Morgan fingerprint density at radius 2 is 1.68 bits per heavy atom. The number of carbonyl (C=O) groups excluding carboxylic acids is 2. The summed E-state index contributed by atoms with van der Waals surface area (Å²) in [6.45, 7) is -0.252. The van der Waals surface area contributed by atoms with Crippen molar-refractivity contribution in [2.75, 3.05) is 31.2 Å². The fourth-order valence-electron chi connectivity index (χ4n) is 2.30. The maximum Gasteiger partial charge on any atom is 0.255 e. The van der Waals surface area contributed by atoms with E-state index in [2.05, 4.69) is 5.32 Å². The molecule has 2 unspecified atom stereocenters. The molecular weight excluding hydrogens is 713 g/mol. The van der Waals surface area contributed by atoms with Crippen LogP contribution in [0.15, 0.2) is 0 Å². The van der Waals surface area contributed by atoms with Crippen molar-refractivity contribution in [2.24, 2.45) is 0 Å². The van der Waals surface area contributed by atoms with E-state index in [0.29, 0.717) is 22.0 Å². The maximum absolute atomic E-state index is 12.7. The fraction of sp³-hybridized carbons (Fsp3) is 0.500. The van der Waals surface area contributed by atoms with E-state index in [0.717, 1.165) is 0 Å². The van der Waals surface area contributed by atoms with E-state index >= 15 is 0 Å². The van der Waals surface area contributed by atoms with Gasteiger partial charge in [0.15, 0.2) is 0 Å². The first-order valence-electron chi connectivity index (χ1n) is 8.09. The van der Waals surface area contributed by atoms with Gasteiger partial charge in [-0.3, -0.25) is 9.59 Å². The van der Waals surface area contributed by atoms with Crippen LogP contribution >= 0.6 is 67.8 Å².